The molecule has 2 aromatic rings. The van der Waals surface area contributed by atoms with Crippen molar-refractivity contribution in [3.63, 3.8) is 0 Å². The first-order valence-electron chi connectivity index (χ1n) is 5.86. The summed E-state index contributed by atoms with van der Waals surface area (Å²) in [5.41, 5.74) is 4.50. The predicted molar refractivity (Wildman–Crippen MR) is 75.9 cm³/mol. The van der Waals surface area contributed by atoms with Crippen LogP contribution in [-0.4, -0.2) is 17.9 Å². The zero-order valence-electron chi connectivity index (χ0n) is 10.9. The molecule has 0 radical (unpaired) electrons. The number of nitrogens with two attached hydrogens (primary N) is 1. The summed E-state index contributed by atoms with van der Waals surface area (Å²) in [5, 5.41) is 8.87. The fourth-order valence-electron chi connectivity index (χ4n) is 1.68. The molecule has 1 aromatic carbocycles. The number of carbonyl (C=O) groups is 1. The van der Waals surface area contributed by atoms with Crippen molar-refractivity contribution in [2.75, 3.05) is 17.4 Å². The van der Waals surface area contributed by atoms with E-state index >= 15 is 0 Å². The number of nitriles is 1. The topological polar surface area (TPSA) is 95.0 Å². The van der Waals surface area contributed by atoms with Crippen LogP contribution in [-0.2, 0) is 0 Å². The molecule has 0 aliphatic carbocycles. The number of amides is 1. The molecule has 20 heavy (non-hydrogen) atoms. The van der Waals surface area contributed by atoms with Gasteiger partial charge in [-0.3, -0.25) is 10.6 Å². The Morgan fingerprint density at radius 3 is 2.80 bits per heavy atom. The number of carbonyl (C=O) groups excluding carboxylic acids is 1. The second kappa shape index (κ2) is 5.82. The van der Waals surface area contributed by atoms with Crippen molar-refractivity contribution in [3.8, 4) is 6.07 Å². The van der Waals surface area contributed by atoms with E-state index in [0.717, 1.165) is 0 Å². The molecule has 2 rings (SSSR count). The van der Waals surface area contributed by atoms with Gasteiger partial charge >= 0.3 is 0 Å². The van der Waals surface area contributed by atoms with E-state index < -0.39 is 0 Å². The van der Waals surface area contributed by atoms with Crippen LogP contribution >= 0.6 is 0 Å². The number of hydrazine groups is 1. The molecule has 0 spiro atoms. The summed E-state index contributed by atoms with van der Waals surface area (Å²) in [6, 6.07) is 12.1. The van der Waals surface area contributed by atoms with Crippen LogP contribution in [0.4, 0.5) is 11.4 Å². The zero-order chi connectivity index (χ0) is 14.5. The Morgan fingerprint density at radius 1 is 1.40 bits per heavy atom. The average molecular weight is 267 g/mol. The standard InChI is InChI=1S/C14H13N5O/c1-19(12-4-2-3-10(7-12)8-15)14(20)13-6-5-11(18-16)9-17-13/h2-7,9,18H,16H2,1H3. The van der Waals surface area contributed by atoms with Crippen molar-refractivity contribution in [3.05, 3.63) is 53.9 Å². The van der Waals surface area contributed by atoms with E-state index in [9.17, 15) is 4.79 Å². The molecule has 3 N–H and O–H groups in total. The van der Waals surface area contributed by atoms with Crippen molar-refractivity contribution in [2.45, 2.75) is 0 Å². The highest BCUT2D eigenvalue weighted by Gasteiger charge is 2.15. The number of benzene rings is 1. The molecule has 100 valence electrons. The van der Waals surface area contributed by atoms with Gasteiger partial charge in [0, 0.05) is 12.7 Å². The molecule has 6 nitrogen and oxygen atoms in total. The molecule has 0 aliphatic heterocycles. The number of aromatic nitrogens is 1. The Morgan fingerprint density at radius 2 is 2.20 bits per heavy atom. The van der Waals surface area contributed by atoms with Crippen LogP contribution in [0.15, 0.2) is 42.6 Å². The molecule has 6 heteroatoms. The van der Waals surface area contributed by atoms with Crippen molar-refractivity contribution < 1.29 is 4.79 Å². The smallest absolute Gasteiger partial charge is 0.276 e. The first-order valence-corrected chi connectivity index (χ1v) is 5.86. The highest BCUT2D eigenvalue weighted by atomic mass is 16.2. The number of nitrogen functional groups attached to an aromatic ring is 1. The van der Waals surface area contributed by atoms with Gasteiger partial charge in [0.05, 0.1) is 23.5 Å². The lowest BCUT2D eigenvalue weighted by Gasteiger charge is -2.17. The van der Waals surface area contributed by atoms with Gasteiger partial charge < -0.3 is 10.3 Å². The number of pyridine rings is 1. The summed E-state index contributed by atoms with van der Waals surface area (Å²) < 4.78 is 0. The van der Waals surface area contributed by atoms with Gasteiger partial charge in [0.1, 0.15) is 5.69 Å². The summed E-state index contributed by atoms with van der Waals surface area (Å²) in [6.07, 6.45) is 1.48. The van der Waals surface area contributed by atoms with Gasteiger partial charge in [0.2, 0.25) is 0 Å². The minimum Gasteiger partial charge on any atom is -0.323 e. The molecule has 0 fully saturated rings. The van der Waals surface area contributed by atoms with Crippen LogP contribution in [0.1, 0.15) is 16.1 Å². The van der Waals surface area contributed by atoms with Crippen LogP contribution in [0.2, 0.25) is 0 Å². The summed E-state index contributed by atoms with van der Waals surface area (Å²) in [4.78, 5) is 17.8. The Hall–Kier alpha value is -2.91. The third-order valence-corrected chi connectivity index (χ3v) is 2.82. The van der Waals surface area contributed by atoms with Gasteiger partial charge in [0.15, 0.2) is 0 Å². The second-order valence-electron chi connectivity index (χ2n) is 4.10. The molecule has 0 saturated heterocycles. The summed E-state index contributed by atoms with van der Waals surface area (Å²) in [7, 11) is 1.63. The number of nitrogens with zero attached hydrogens (tertiary/aromatic N) is 3. The highest BCUT2D eigenvalue weighted by Crippen LogP contribution is 2.17. The summed E-state index contributed by atoms with van der Waals surface area (Å²) in [5.74, 6) is 4.98. The van der Waals surface area contributed by atoms with Gasteiger partial charge in [-0.25, -0.2) is 4.98 Å². The van der Waals surface area contributed by atoms with Crippen LogP contribution < -0.4 is 16.2 Å². The molecule has 0 saturated carbocycles. The molecule has 0 unspecified atom stereocenters. The third-order valence-electron chi connectivity index (χ3n) is 2.82. The van der Waals surface area contributed by atoms with Crippen LogP contribution in [0.25, 0.3) is 0 Å². The maximum Gasteiger partial charge on any atom is 0.276 e. The monoisotopic (exact) mass is 267 g/mol. The number of hydrogen-bond donors (Lipinski definition) is 2. The van der Waals surface area contributed by atoms with E-state index in [1.165, 1.54) is 11.1 Å². The van der Waals surface area contributed by atoms with E-state index in [0.29, 0.717) is 22.6 Å². The lowest BCUT2D eigenvalue weighted by atomic mass is 10.2. The van der Waals surface area contributed by atoms with Gasteiger partial charge in [-0.15, -0.1) is 0 Å². The Kier molecular flexibility index (Phi) is 3.93. The molecule has 0 atom stereocenters. The third kappa shape index (κ3) is 2.74. The van der Waals surface area contributed by atoms with E-state index in [1.807, 2.05) is 6.07 Å². The summed E-state index contributed by atoms with van der Waals surface area (Å²) >= 11 is 0. The predicted octanol–water partition coefficient (Wildman–Crippen LogP) is 1.52. The fourth-order valence-corrected chi connectivity index (χ4v) is 1.68. The van der Waals surface area contributed by atoms with Crippen LogP contribution in [0.5, 0.6) is 0 Å². The first kappa shape index (κ1) is 13.5. The lowest BCUT2D eigenvalue weighted by Crippen LogP contribution is -2.27. The Balaban J connectivity index is 2.25. The molecule has 1 amide bonds. The summed E-state index contributed by atoms with van der Waals surface area (Å²) in [6.45, 7) is 0. The average Bonchev–Trinajstić information content (AvgIpc) is 2.53. The number of hydrogen-bond acceptors (Lipinski definition) is 5. The van der Waals surface area contributed by atoms with Crippen LogP contribution in [0, 0.1) is 11.3 Å². The number of rotatable bonds is 3. The number of nitrogens with one attached hydrogen (secondary N) is 1. The Labute approximate surface area is 116 Å². The van der Waals surface area contributed by atoms with Crippen molar-refractivity contribution in [1.82, 2.24) is 4.98 Å². The van der Waals surface area contributed by atoms with Crippen LogP contribution in [0.3, 0.4) is 0 Å². The largest absolute Gasteiger partial charge is 0.323 e. The quantitative estimate of drug-likeness (QED) is 0.649. The molecule has 0 bridgehead atoms. The molecule has 0 aliphatic rings. The van der Waals surface area contributed by atoms with Crippen molar-refractivity contribution in [2.24, 2.45) is 5.84 Å². The molecule has 1 heterocycles. The fraction of sp³-hybridized carbons (Fsp3) is 0.0714. The Bertz CT molecular complexity index is 660. The molecular weight excluding hydrogens is 254 g/mol. The van der Waals surface area contributed by atoms with Crippen molar-refractivity contribution >= 4 is 17.3 Å². The molecule has 1 aromatic heterocycles. The minimum absolute atomic E-state index is 0.260. The first-order chi connectivity index (χ1) is 9.65. The lowest BCUT2D eigenvalue weighted by molar-refractivity contribution is 0.0988. The van der Waals surface area contributed by atoms with E-state index in [4.69, 9.17) is 11.1 Å². The SMILES string of the molecule is CN(C(=O)c1ccc(NN)cn1)c1cccc(C#N)c1. The van der Waals surface area contributed by atoms with E-state index in [-0.39, 0.29) is 5.91 Å². The van der Waals surface area contributed by atoms with Gasteiger partial charge in [0.25, 0.3) is 5.91 Å². The second-order valence-corrected chi connectivity index (χ2v) is 4.10. The van der Waals surface area contributed by atoms with Gasteiger partial charge in [-0.2, -0.15) is 5.26 Å². The van der Waals surface area contributed by atoms with E-state index in [1.54, 1.807) is 43.4 Å². The highest BCUT2D eigenvalue weighted by molar-refractivity contribution is 6.04. The minimum atomic E-state index is -0.260. The van der Waals surface area contributed by atoms with E-state index in [2.05, 4.69) is 10.4 Å². The maximum atomic E-state index is 12.3. The maximum absolute atomic E-state index is 12.3. The normalized spacial score (nSPS) is 9.65. The zero-order valence-corrected chi connectivity index (χ0v) is 10.9. The number of anilines is 2. The van der Waals surface area contributed by atoms with Gasteiger partial charge in [-0.1, -0.05) is 6.07 Å². The van der Waals surface area contributed by atoms with Gasteiger partial charge in [-0.05, 0) is 30.3 Å². The van der Waals surface area contributed by atoms with Crippen molar-refractivity contribution in [1.29, 1.82) is 5.26 Å². The molecular formula is C14H13N5O.